The quantitative estimate of drug-likeness (QED) is 0.700. The first-order valence-electron chi connectivity index (χ1n) is 9.30. The molecule has 0 aliphatic carbocycles. The van der Waals surface area contributed by atoms with E-state index in [1.54, 1.807) is 12.1 Å². The van der Waals surface area contributed by atoms with Crippen LogP contribution in [0.4, 0.5) is 4.39 Å². The van der Waals surface area contributed by atoms with Crippen molar-refractivity contribution < 1.29 is 9.18 Å². The molecule has 5 heteroatoms. The summed E-state index contributed by atoms with van der Waals surface area (Å²) in [5, 5.41) is 0. The molecule has 1 atom stereocenters. The summed E-state index contributed by atoms with van der Waals surface area (Å²) in [6, 6.07) is 16.3. The molecule has 1 aromatic heterocycles. The Labute approximate surface area is 158 Å². The minimum absolute atomic E-state index is 0.0377. The molecule has 3 aromatic rings. The summed E-state index contributed by atoms with van der Waals surface area (Å²) in [4.78, 5) is 19.1. The topological polar surface area (TPSA) is 38.1 Å². The summed E-state index contributed by atoms with van der Waals surface area (Å²) >= 11 is 0. The number of benzene rings is 2. The molecule has 0 saturated carbocycles. The van der Waals surface area contributed by atoms with Gasteiger partial charge in [-0.15, -0.1) is 0 Å². The van der Waals surface area contributed by atoms with Crippen LogP contribution in [0.25, 0.3) is 0 Å². The van der Waals surface area contributed by atoms with Gasteiger partial charge in [0.15, 0.2) is 0 Å². The molecule has 4 rings (SSSR count). The Morgan fingerprint density at radius 3 is 2.67 bits per heavy atom. The number of nitrogens with zero attached hydrogens (tertiary/aromatic N) is 3. The fourth-order valence-corrected chi connectivity index (χ4v) is 3.63. The maximum atomic E-state index is 13.1. The largest absolute Gasteiger partial charge is 0.337 e. The smallest absolute Gasteiger partial charge is 0.253 e. The number of likely N-dealkylation sites (tertiary alicyclic amines) is 1. The van der Waals surface area contributed by atoms with E-state index in [9.17, 15) is 9.18 Å². The van der Waals surface area contributed by atoms with Gasteiger partial charge in [0.2, 0.25) is 0 Å². The van der Waals surface area contributed by atoms with Crippen LogP contribution in [0, 0.1) is 5.82 Å². The number of imidazole rings is 1. The van der Waals surface area contributed by atoms with Crippen molar-refractivity contribution in [2.24, 2.45) is 0 Å². The number of hydrogen-bond acceptors (Lipinski definition) is 2. The second-order valence-corrected chi connectivity index (χ2v) is 7.03. The van der Waals surface area contributed by atoms with Gasteiger partial charge in [0.1, 0.15) is 5.82 Å². The number of piperidine rings is 1. The van der Waals surface area contributed by atoms with E-state index in [-0.39, 0.29) is 17.8 Å². The lowest BCUT2D eigenvalue weighted by Crippen LogP contribution is -2.40. The van der Waals surface area contributed by atoms with Gasteiger partial charge >= 0.3 is 0 Å². The van der Waals surface area contributed by atoms with Crippen molar-refractivity contribution in [3.8, 4) is 0 Å². The van der Waals surface area contributed by atoms with Gasteiger partial charge in [-0.1, -0.05) is 30.3 Å². The number of carbonyl (C=O) groups is 1. The Hall–Kier alpha value is -2.95. The normalized spacial score (nSPS) is 17.1. The number of carbonyl (C=O) groups excluding carboxylic acids is 1. The molecule has 0 N–H and O–H groups in total. The molecular formula is C22H22FN3O. The molecule has 1 aliphatic heterocycles. The summed E-state index contributed by atoms with van der Waals surface area (Å²) in [5.74, 6) is -0.364. The van der Waals surface area contributed by atoms with E-state index in [2.05, 4.69) is 27.9 Å². The van der Waals surface area contributed by atoms with E-state index in [1.807, 2.05) is 29.4 Å². The van der Waals surface area contributed by atoms with Crippen molar-refractivity contribution in [1.29, 1.82) is 0 Å². The zero-order chi connectivity index (χ0) is 18.6. The highest BCUT2D eigenvalue weighted by molar-refractivity contribution is 5.94. The minimum Gasteiger partial charge on any atom is -0.337 e. The lowest BCUT2D eigenvalue weighted by molar-refractivity contribution is 0.0679. The molecule has 0 bridgehead atoms. The number of rotatable bonds is 4. The van der Waals surface area contributed by atoms with Gasteiger partial charge in [-0.3, -0.25) is 4.79 Å². The predicted octanol–water partition coefficient (Wildman–Crippen LogP) is 4.09. The molecule has 2 heterocycles. The van der Waals surface area contributed by atoms with E-state index in [0.29, 0.717) is 12.1 Å². The zero-order valence-electron chi connectivity index (χ0n) is 15.1. The SMILES string of the molecule is O=C(c1ccc(F)cc1)N1CCC[C@H](n2cnc(Cc3ccccc3)c2)C1. The molecule has 0 spiro atoms. The third kappa shape index (κ3) is 4.08. The second kappa shape index (κ2) is 7.74. The van der Waals surface area contributed by atoms with E-state index in [0.717, 1.165) is 31.5 Å². The Balaban J connectivity index is 1.44. The van der Waals surface area contributed by atoms with Gasteiger partial charge in [0.05, 0.1) is 18.1 Å². The number of halogens is 1. The number of aromatic nitrogens is 2. The maximum Gasteiger partial charge on any atom is 0.253 e. The fourth-order valence-electron chi connectivity index (χ4n) is 3.63. The Kier molecular flexibility index (Phi) is 5.01. The van der Waals surface area contributed by atoms with Crippen LogP contribution in [0.5, 0.6) is 0 Å². The standard InChI is InChI=1S/C22H22FN3O/c23-19-10-8-18(9-11-19)22(27)25-12-4-7-21(15-25)26-14-20(24-16-26)13-17-5-2-1-3-6-17/h1-3,5-6,8-11,14,16,21H,4,7,12-13,15H2/t21-/m0/s1. The van der Waals surface area contributed by atoms with Crippen LogP contribution in [-0.2, 0) is 6.42 Å². The van der Waals surface area contributed by atoms with Crippen LogP contribution in [0.1, 0.15) is 40.5 Å². The average molecular weight is 363 g/mol. The molecule has 1 fully saturated rings. The fraction of sp³-hybridized carbons (Fsp3) is 0.273. The van der Waals surface area contributed by atoms with Crippen LogP contribution < -0.4 is 0 Å². The van der Waals surface area contributed by atoms with Crippen molar-refractivity contribution in [3.63, 3.8) is 0 Å². The first kappa shape index (κ1) is 17.5. The molecule has 4 nitrogen and oxygen atoms in total. The summed E-state index contributed by atoms with van der Waals surface area (Å²) in [5.41, 5.74) is 2.80. The van der Waals surface area contributed by atoms with Crippen molar-refractivity contribution in [3.05, 3.63) is 89.8 Å². The van der Waals surface area contributed by atoms with Crippen molar-refractivity contribution in [2.45, 2.75) is 25.3 Å². The van der Waals surface area contributed by atoms with Crippen LogP contribution in [0.3, 0.4) is 0 Å². The molecular weight excluding hydrogens is 341 g/mol. The maximum absolute atomic E-state index is 13.1. The highest BCUT2D eigenvalue weighted by Gasteiger charge is 2.25. The van der Waals surface area contributed by atoms with E-state index in [1.165, 1.54) is 17.7 Å². The first-order valence-corrected chi connectivity index (χ1v) is 9.30. The van der Waals surface area contributed by atoms with Crippen LogP contribution in [-0.4, -0.2) is 33.4 Å². The van der Waals surface area contributed by atoms with Crippen molar-refractivity contribution in [2.75, 3.05) is 13.1 Å². The highest BCUT2D eigenvalue weighted by Crippen LogP contribution is 2.23. The molecule has 1 aliphatic rings. The summed E-state index contributed by atoms with van der Waals surface area (Å²) < 4.78 is 15.2. The van der Waals surface area contributed by atoms with Gasteiger partial charge < -0.3 is 9.47 Å². The van der Waals surface area contributed by atoms with Gasteiger partial charge in [-0.05, 0) is 42.7 Å². The Bertz CT molecular complexity index is 905. The predicted molar refractivity (Wildman–Crippen MR) is 102 cm³/mol. The molecule has 2 aromatic carbocycles. The van der Waals surface area contributed by atoms with Crippen LogP contribution in [0.2, 0.25) is 0 Å². The van der Waals surface area contributed by atoms with Gasteiger partial charge in [0, 0.05) is 31.3 Å². The van der Waals surface area contributed by atoms with E-state index < -0.39 is 0 Å². The summed E-state index contributed by atoms with van der Waals surface area (Å²) in [6.07, 6.45) is 6.73. The van der Waals surface area contributed by atoms with E-state index in [4.69, 9.17) is 0 Å². The average Bonchev–Trinajstić information content (AvgIpc) is 3.17. The second-order valence-electron chi connectivity index (χ2n) is 7.03. The number of hydrogen-bond donors (Lipinski definition) is 0. The summed E-state index contributed by atoms with van der Waals surface area (Å²) in [6.45, 7) is 1.38. The molecule has 27 heavy (non-hydrogen) atoms. The van der Waals surface area contributed by atoms with Gasteiger partial charge in [0.25, 0.3) is 5.91 Å². The van der Waals surface area contributed by atoms with Crippen LogP contribution in [0.15, 0.2) is 67.1 Å². The van der Waals surface area contributed by atoms with Gasteiger partial charge in [-0.2, -0.15) is 0 Å². The molecule has 1 saturated heterocycles. The molecule has 0 unspecified atom stereocenters. The first-order chi connectivity index (χ1) is 13.2. The lowest BCUT2D eigenvalue weighted by atomic mass is 10.0. The third-order valence-corrected chi connectivity index (χ3v) is 5.08. The van der Waals surface area contributed by atoms with Gasteiger partial charge in [-0.25, -0.2) is 9.37 Å². The van der Waals surface area contributed by atoms with Crippen molar-refractivity contribution >= 4 is 5.91 Å². The summed E-state index contributed by atoms with van der Waals surface area (Å²) in [7, 11) is 0. The zero-order valence-corrected chi connectivity index (χ0v) is 15.1. The van der Waals surface area contributed by atoms with Crippen LogP contribution >= 0.6 is 0 Å². The monoisotopic (exact) mass is 363 g/mol. The third-order valence-electron chi connectivity index (χ3n) is 5.08. The van der Waals surface area contributed by atoms with E-state index >= 15 is 0 Å². The number of amides is 1. The lowest BCUT2D eigenvalue weighted by Gasteiger charge is -2.33. The highest BCUT2D eigenvalue weighted by atomic mass is 19.1. The van der Waals surface area contributed by atoms with Crippen molar-refractivity contribution in [1.82, 2.24) is 14.5 Å². The Morgan fingerprint density at radius 1 is 1.11 bits per heavy atom. The molecule has 1 amide bonds. The Morgan fingerprint density at radius 2 is 1.89 bits per heavy atom. The molecule has 0 radical (unpaired) electrons. The molecule has 138 valence electrons. The minimum atomic E-state index is -0.326.